The van der Waals surface area contributed by atoms with E-state index < -0.39 is 22.8 Å². The average molecular weight is 476 g/mol. The second-order valence-electron chi connectivity index (χ2n) is 7.98. The molecule has 0 bridgehead atoms. The Morgan fingerprint density at radius 3 is 2.60 bits per heavy atom. The molecule has 0 saturated carbocycles. The number of nitrogens with one attached hydrogen (secondary N) is 1. The fourth-order valence-corrected chi connectivity index (χ4v) is 4.32. The van der Waals surface area contributed by atoms with E-state index in [1.807, 2.05) is 0 Å². The molecule has 0 spiro atoms. The normalized spacial score (nSPS) is 14.7. The zero-order valence-corrected chi connectivity index (χ0v) is 19.7. The van der Waals surface area contributed by atoms with Crippen molar-refractivity contribution in [2.45, 2.75) is 19.8 Å². The van der Waals surface area contributed by atoms with Gasteiger partial charge in [-0.3, -0.25) is 14.8 Å². The number of ether oxygens (including phenoxy) is 2. The summed E-state index contributed by atoms with van der Waals surface area (Å²) >= 11 is 0. The number of aryl methyl sites for hydroxylation is 1. The third kappa shape index (κ3) is 4.25. The van der Waals surface area contributed by atoms with Gasteiger partial charge in [-0.15, -0.1) is 0 Å². The standard InChI is InChI=1S/C25H24N4O6/c1-5-35-25(31)19-14(2)26-23-21(20(19)15-8-7-11-18(13-15)29(32)33)22(27-28(23)3)16-9-6-10-17(12-16)24(30)34-4/h6-13,20,26H,5H2,1-4H3. The number of methoxy groups -OCH3 is 1. The van der Waals surface area contributed by atoms with Crippen LogP contribution in [-0.4, -0.2) is 40.4 Å². The number of nitrogens with zero attached hydrogens (tertiary/aromatic N) is 3. The van der Waals surface area contributed by atoms with Crippen molar-refractivity contribution in [3.63, 3.8) is 0 Å². The fourth-order valence-electron chi connectivity index (χ4n) is 4.32. The number of esters is 2. The van der Waals surface area contributed by atoms with Gasteiger partial charge in [0.1, 0.15) is 5.82 Å². The van der Waals surface area contributed by atoms with Crippen LogP contribution in [0.2, 0.25) is 0 Å². The van der Waals surface area contributed by atoms with E-state index in [-0.39, 0.29) is 12.3 Å². The summed E-state index contributed by atoms with van der Waals surface area (Å²) in [6.07, 6.45) is 0. The second-order valence-corrected chi connectivity index (χ2v) is 7.98. The van der Waals surface area contributed by atoms with Gasteiger partial charge in [0.05, 0.1) is 35.5 Å². The number of hydrogen-bond acceptors (Lipinski definition) is 8. The summed E-state index contributed by atoms with van der Waals surface area (Å²) in [4.78, 5) is 36.3. The lowest BCUT2D eigenvalue weighted by molar-refractivity contribution is -0.384. The highest BCUT2D eigenvalue weighted by Crippen LogP contribution is 2.47. The molecule has 1 N–H and O–H groups in total. The smallest absolute Gasteiger partial charge is 0.337 e. The van der Waals surface area contributed by atoms with Gasteiger partial charge in [-0.05, 0) is 31.5 Å². The number of aromatic nitrogens is 2. The predicted molar refractivity (Wildman–Crippen MR) is 128 cm³/mol. The van der Waals surface area contributed by atoms with Crippen LogP contribution in [0.1, 0.15) is 41.3 Å². The van der Waals surface area contributed by atoms with E-state index in [0.717, 1.165) is 0 Å². The summed E-state index contributed by atoms with van der Waals surface area (Å²) in [5.41, 5.74) is 3.48. The number of anilines is 1. The molecule has 10 nitrogen and oxygen atoms in total. The van der Waals surface area contributed by atoms with Crippen molar-refractivity contribution in [1.29, 1.82) is 0 Å². The second kappa shape index (κ2) is 9.41. The number of carbonyl (C=O) groups excluding carboxylic acids is 2. The molecule has 4 rings (SSSR count). The largest absolute Gasteiger partial charge is 0.465 e. The summed E-state index contributed by atoms with van der Waals surface area (Å²) in [6.45, 7) is 3.64. The molecule has 1 aliphatic rings. The van der Waals surface area contributed by atoms with E-state index in [1.165, 1.54) is 19.2 Å². The molecule has 1 unspecified atom stereocenters. The Balaban J connectivity index is 1.99. The molecule has 10 heteroatoms. The first-order chi connectivity index (χ1) is 16.8. The molecular formula is C25H24N4O6. The zero-order valence-electron chi connectivity index (χ0n) is 19.7. The minimum atomic E-state index is -0.698. The van der Waals surface area contributed by atoms with Crippen molar-refractivity contribution in [3.8, 4) is 11.3 Å². The third-order valence-corrected chi connectivity index (χ3v) is 5.84. The summed E-state index contributed by atoms with van der Waals surface area (Å²) in [5, 5.41) is 19.4. The molecule has 2 heterocycles. The fraction of sp³-hybridized carbons (Fsp3) is 0.240. The van der Waals surface area contributed by atoms with Gasteiger partial charge in [0.2, 0.25) is 0 Å². The molecule has 3 aromatic rings. The Morgan fingerprint density at radius 1 is 1.17 bits per heavy atom. The molecule has 2 aromatic carbocycles. The van der Waals surface area contributed by atoms with E-state index in [4.69, 9.17) is 9.47 Å². The Hall–Kier alpha value is -4.47. The lowest BCUT2D eigenvalue weighted by atomic mass is 9.80. The maximum atomic E-state index is 13.1. The van der Waals surface area contributed by atoms with E-state index in [2.05, 4.69) is 10.4 Å². The van der Waals surface area contributed by atoms with Gasteiger partial charge in [-0.2, -0.15) is 5.10 Å². The van der Waals surface area contributed by atoms with Gasteiger partial charge in [0.25, 0.3) is 5.69 Å². The molecule has 0 radical (unpaired) electrons. The molecule has 1 aromatic heterocycles. The maximum Gasteiger partial charge on any atom is 0.337 e. The number of rotatable bonds is 6. The summed E-state index contributed by atoms with van der Waals surface area (Å²) < 4.78 is 11.8. The Labute approximate surface area is 201 Å². The molecular weight excluding hydrogens is 452 g/mol. The highest BCUT2D eigenvalue weighted by molar-refractivity contribution is 5.96. The Morgan fingerprint density at radius 2 is 1.91 bits per heavy atom. The monoisotopic (exact) mass is 476 g/mol. The van der Waals surface area contributed by atoms with Crippen LogP contribution < -0.4 is 5.32 Å². The van der Waals surface area contributed by atoms with E-state index in [9.17, 15) is 19.7 Å². The van der Waals surface area contributed by atoms with Crippen molar-refractivity contribution in [2.24, 2.45) is 7.05 Å². The van der Waals surface area contributed by atoms with Crippen LogP contribution >= 0.6 is 0 Å². The average Bonchev–Trinajstić information content (AvgIpc) is 3.18. The molecule has 0 saturated heterocycles. The minimum Gasteiger partial charge on any atom is -0.465 e. The predicted octanol–water partition coefficient (Wildman–Crippen LogP) is 4.18. The van der Waals surface area contributed by atoms with Crippen LogP contribution in [-0.2, 0) is 21.3 Å². The first-order valence-corrected chi connectivity index (χ1v) is 10.9. The number of non-ortho nitro benzene ring substituents is 1. The van der Waals surface area contributed by atoms with Gasteiger partial charge >= 0.3 is 11.9 Å². The van der Waals surface area contributed by atoms with Crippen LogP contribution in [0.15, 0.2) is 59.8 Å². The van der Waals surface area contributed by atoms with Crippen molar-refractivity contribution in [2.75, 3.05) is 19.0 Å². The van der Waals surface area contributed by atoms with Crippen LogP contribution in [0.4, 0.5) is 11.5 Å². The topological polar surface area (TPSA) is 126 Å². The van der Waals surface area contributed by atoms with E-state index >= 15 is 0 Å². The lowest BCUT2D eigenvalue weighted by Gasteiger charge is -2.28. The molecule has 1 atom stereocenters. The van der Waals surface area contributed by atoms with Gasteiger partial charge in [0, 0.05) is 41.9 Å². The van der Waals surface area contributed by atoms with Crippen LogP contribution in [0.3, 0.4) is 0 Å². The number of fused-ring (bicyclic) bond motifs is 1. The summed E-state index contributed by atoms with van der Waals surface area (Å²) in [5.74, 6) is -1.09. The van der Waals surface area contributed by atoms with E-state index in [0.29, 0.717) is 45.0 Å². The first kappa shape index (κ1) is 23.7. The molecule has 1 aliphatic heterocycles. The minimum absolute atomic E-state index is 0.0958. The zero-order chi connectivity index (χ0) is 25.3. The number of hydrogen-bond donors (Lipinski definition) is 1. The molecule has 0 fully saturated rings. The number of nitro groups is 1. The van der Waals surface area contributed by atoms with Crippen molar-refractivity contribution < 1.29 is 24.0 Å². The van der Waals surface area contributed by atoms with Gasteiger partial charge in [-0.1, -0.05) is 24.3 Å². The summed E-state index contributed by atoms with van der Waals surface area (Å²) in [6, 6.07) is 13.0. The van der Waals surface area contributed by atoms with Crippen LogP contribution in [0.25, 0.3) is 11.3 Å². The lowest BCUT2D eigenvalue weighted by Crippen LogP contribution is -2.25. The van der Waals surface area contributed by atoms with Crippen molar-refractivity contribution in [1.82, 2.24) is 9.78 Å². The van der Waals surface area contributed by atoms with Crippen molar-refractivity contribution >= 4 is 23.4 Å². The highest BCUT2D eigenvalue weighted by atomic mass is 16.6. The van der Waals surface area contributed by atoms with E-state index in [1.54, 1.807) is 62.0 Å². The number of benzene rings is 2. The molecule has 35 heavy (non-hydrogen) atoms. The number of nitro benzene ring substituents is 1. The Bertz CT molecular complexity index is 1370. The number of carbonyl (C=O) groups is 2. The first-order valence-electron chi connectivity index (χ1n) is 10.9. The van der Waals surface area contributed by atoms with Gasteiger partial charge < -0.3 is 14.8 Å². The quantitative estimate of drug-likeness (QED) is 0.319. The van der Waals surface area contributed by atoms with Crippen LogP contribution in [0, 0.1) is 10.1 Å². The molecule has 180 valence electrons. The molecule has 0 aliphatic carbocycles. The maximum absolute atomic E-state index is 13.1. The third-order valence-electron chi connectivity index (χ3n) is 5.84. The van der Waals surface area contributed by atoms with Crippen LogP contribution in [0.5, 0.6) is 0 Å². The van der Waals surface area contributed by atoms with Gasteiger partial charge in [0.15, 0.2) is 0 Å². The van der Waals surface area contributed by atoms with Gasteiger partial charge in [-0.25, -0.2) is 9.59 Å². The number of allylic oxidation sites excluding steroid dienone is 1. The summed E-state index contributed by atoms with van der Waals surface area (Å²) in [7, 11) is 3.06. The molecule has 0 amide bonds. The highest BCUT2D eigenvalue weighted by Gasteiger charge is 2.38. The Kier molecular flexibility index (Phi) is 6.37. The SMILES string of the molecule is CCOC(=O)C1=C(C)Nc2c(c(-c3cccc(C(=O)OC)c3)nn2C)C1c1cccc([N+](=O)[O-])c1. The van der Waals surface area contributed by atoms with Crippen molar-refractivity contribution in [3.05, 3.63) is 86.6 Å².